The van der Waals surface area contributed by atoms with Gasteiger partial charge in [0.05, 0.1) is 12.7 Å². The van der Waals surface area contributed by atoms with Crippen molar-refractivity contribution < 1.29 is 14.4 Å². The summed E-state index contributed by atoms with van der Waals surface area (Å²) in [5, 5.41) is 6.34. The molecule has 1 N–H and O–H groups in total. The second-order valence-corrected chi connectivity index (χ2v) is 5.46. The summed E-state index contributed by atoms with van der Waals surface area (Å²) in [4.78, 5) is 37.7. The zero-order valence-corrected chi connectivity index (χ0v) is 11.3. The highest BCUT2D eigenvalue weighted by Crippen LogP contribution is 2.42. The summed E-state index contributed by atoms with van der Waals surface area (Å²) in [5.74, 6) is -0.806. The van der Waals surface area contributed by atoms with Gasteiger partial charge in [0.2, 0.25) is 11.8 Å². The summed E-state index contributed by atoms with van der Waals surface area (Å²) in [6.45, 7) is 0.146. The number of barbiturate groups is 1. The molecule has 20 heavy (non-hydrogen) atoms. The highest BCUT2D eigenvalue weighted by Gasteiger charge is 2.54. The maximum absolute atomic E-state index is 12.6. The number of imide groups is 2. The molecule has 0 atom stereocenters. The van der Waals surface area contributed by atoms with Crippen LogP contribution in [0, 0.1) is 5.41 Å². The smallest absolute Gasteiger partial charge is 0.277 e. The van der Waals surface area contributed by atoms with Gasteiger partial charge in [0.25, 0.3) is 0 Å². The van der Waals surface area contributed by atoms with Crippen molar-refractivity contribution in [1.82, 2.24) is 20.0 Å². The summed E-state index contributed by atoms with van der Waals surface area (Å²) in [7, 11) is 1.77. The summed E-state index contributed by atoms with van der Waals surface area (Å²) in [6.07, 6.45) is 6.09. The van der Waals surface area contributed by atoms with Crippen LogP contribution in [0.1, 0.15) is 31.2 Å². The van der Waals surface area contributed by atoms with E-state index in [1.165, 1.54) is 0 Å². The number of nitrogens with zero attached hydrogens (tertiary/aromatic N) is 3. The van der Waals surface area contributed by atoms with Gasteiger partial charge in [-0.25, -0.2) is 4.79 Å². The Bertz CT molecular complexity index is 586. The Morgan fingerprint density at radius 2 is 2.00 bits per heavy atom. The Morgan fingerprint density at radius 3 is 2.60 bits per heavy atom. The van der Waals surface area contributed by atoms with Crippen molar-refractivity contribution in [2.45, 2.75) is 32.2 Å². The Kier molecular flexibility index (Phi) is 2.84. The molecule has 1 saturated carbocycles. The number of amides is 4. The van der Waals surface area contributed by atoms with Gasteiger partial charge >= 0.3 is 6.03 Å². The van der Waals surface area contributed by atoms with Crippen molar-refractivity contribution in [3.05, 3.63) is 18.0 Å². The lowest BCUT2D eigenvalue weighted by Crippen LogP contribution is -2.62. The van der Waals surface area contributed by atoms with Gasteiger partial charge in [0.1, 0.15) is 5.41 Å². The summed E-state index contributed by atoms with van der Waals surface area (Å²) >= 11 is 0. The van der Waals surface area contributed by atoms with Crippen molar-refractivity contribution in [1.29, 1.82) is 0 Å². The average Bonchev–Trinajstić information content (AvgIpc) is 3.03. The van der Waals surface area contributed by atoms with Crippen molar-refractivity contribution in [3.8, 4) is 0 Å². The maximum atomic E-state index is 12.6. The standard InChI is InChI=1S/C13H16N4O3/c1-16-7-9(6-14-16)8-17-11(19)13(4-2-3-5-13)10(18)15-12(17)20/h6-7H,2-5,8H2,1H3,(H,15,18,20). The molecule has 0 unspecified atom stereocenters. The number of rotatable bonds is 2. The largest absolute Gasteiger partial charge is 0.331 e. The molecule has 1 aliphatic carbocycles. The van der Waals surface area contributed by atoms with Crippen LogP contribution in [0.15, 0.2) is 12.4 Å². The average molecular weight is 276 g/mol. The molecule has 7 heteroatoms. The van der Waals surface area contributed by atoms with Crippen LogP contribution in [0.3, 0.4) is 0 Å². The van der Waals surface area contributed by atoms with Gasteiger partial charge in [-0.2, -0.15) is 5.10 Å². The molecule has 1 aromatic rings. The molecule has 3 rings (SSSR count). The first kappa shape index (κ1) is 12.8. The van der Waals surface area contributed by atoms with Crippen molar-refractivity contribution >= 4 is 17.8 Å². The Morgan fingerprint density at radius 1 is 1.30 bits per heavy atom. The van der Waals surface area contributed by atoms with Gasteiger partial charge in [-0.05, 0) is 12.8 Å². The fourth-order valence-electron chi connectivity index (χ4n) is 3.03. The Balaban J connectivity index is 1.88. The van der Waals surface area contributed by atoms with E-state index in [4.69, 9.17) is 0 Å². The monoisotopic (exact) mass is 276 g/mol. The summed E-state index contributed by atoms with van der Waals surface area (Å²) in [5.41, 5.74) is -0.269. The molecule has 1 aromatic heterocycles. The van der Waals surface area contributed by atoms with Crippen molar-refractivity contribution in [3.63, 3.8) is 0 Å². The molecule has 1 saturated heterocycles. The molecule has 2 aliphatic rings. The zero-order chi connectivity index (χ0) is 14.3. The van der Waals surface area contributed by atoms with Gasteiger partial charge in [-0.15, -0.1) is 0 Å². The number of aryl methyl sites for hydroxylation is 1. The van der Waals surface area contributed by atoms with Gasteiger partial charge in [0.15, 0.2) is 0 Å². The zero-order valence-electron chi connectivity index (χ0n) is 11.3. The third kappa shape index (κ3) is 1.81. The molecule has 0 aromatic carbocycles. The number of carbonyl (C=O) groups is 3. The van der Waals surface area contributed by atoms with Gasteiger partial charge in [-0.3, -0.25) is 24.5 Å². The van der Waals surface area contributed by atoms with Crippen LogP contribution in [0.25, 0.3) is 0 Å². The first-order chi connectivity index (χ1) is 9.53. The number of nitrogens with one attached hydrogen (secondary N) is 1. The maximum Gasteiger partial charge on any atom is 0.331 e. The second-order valence-electron chi connectivity index (χ2n) is 5.46. The third-order valence-electron chi connectivity index (χ3n) is 4.11. The van der Waals surface area contributed by atoms with Crippen LogP contribution in [0.2, 0.25) is 0 Å². The molecule has 0 bridgehead atoms. The molecular weight excluding hydrogens is 260 g/mol. The van der Waals surface area contributed by atoms with Crippen LogP contribution in [-0.4, -0.2) is 32.5 Å². The lowest BCUT2D eigenvalue weighted by atomic mass is 9.82. The second kappa shape index (κ2) is 4.43. The lowest BCUT2D eigenvalue weighted by Gasteiger charge is -2.36. The molecule has 0 radical (unpaired) electrons. The van der Waals surface area contributed by atoms with Crippen LogP contribution in [0.5, 0.6) is 0 Å². The quantitative estimate of drug-likeness (QED) is 0.800. The van der Waals surface area contributed by atoms with Gasteiger partial charge in [0, 0.05) is 18.8 Å². The van der Waals surface area contributed by atoms with E-state index >= 15 is 0 Å². The third-order valence-corrected chi connectivity index (χ3v) is 4.11. The van der Waals surface area contributed by atoms with Crippen molar-refractivity contribution in [2.24, 2.45) is 12.5 Å². The van der Waals surface area contributed by atoms with Gasteiger partial charge < -0.3 is 0 Å². The van der Waals surface area contributed by atoms with E-state index in [1.807, 2.05) is 0 Å². The SMILES string of the molecule is Cn1cc(CN2C(=O)NC(=O)C3(CCCC3)C2=O)cn1. The van der Waals surface area contributed by atoms with E-state index in [0.29, 0.717) is 12.8 Å². The summed E-state index contributed by atoms with van der Waals surface area (Å²) < 4.78 is 1.61. The molecule has 1 aliphatic heterocycles. The number of carbonyl (C=O) groups excluding carboxylic acids is 3. The van der Waals surface area contributed by atoms with E-state index in [9.17, 15) is 14.4 Å². The predicted molar refractivity (Wildman–Crippen MR) is 68.2 cm³/mol. The minimum Gasteiger partial charge on any atom is -0.277 e. The normalized spacial score (nSPS) is 21.6. The molecule has 1 spiro atoms. The van der Waals surface area contributed by atoms with Crippen molar-refractivity contribution in [2.75, 3.05) is 0 Å². The van der Waals surface area contributed by atoms with E-state index in [1.54, 1.807) is 24.1 Å². The van der Waals surface area contributed by atoms with E-state index in [2.05, 4.69) is 10.4 Å². The molecule has 7 nitrogen and oxygen atoms in total. The Hall–Kier alpha value is -2.18. The number of hydrogen-bond acceptors (Lipinski definition) is 4. The fourth-order valence-corrected chi connectivity index (χ4v) is 3.03. The first-order valence-corrected chi connectivity index (χ1v) is 6.68. The highest BCUT2D eigenvalue weighted by atomic mass is 16.2. The minimum absolute atomic E-state index is 0.146. The van der Waals surface area contributed by atoms with Gasteiger partial charge in [-0.1, -0.05) is 12.8 Å². The van der Waals surface area contributed by atoms with Crippen LogP contribution >= 0.6 is 0 Å². The molecule has 4 amide bonds. The fraction of sp³-hybridized carbons (Fsp3) is 0.538. The molecular formula is C13H16N4O3. The van der Waals surface area contributed by atoms with E-state index < -0.39 is 17.4 Å². The van der Waals surface area contributed by atoms with Crippen LogP contribution < -0.4 is 5.32 Å². The van der Waals surface area contributed by atoms with Crippen LogP contribution in [0.4, 0.5) is 4.79 Å². The van der Waals surface area contributed by atoms with E-state index in [0.717, 1.165) is 23.3 Å². The molecule has 2 fully saturated rings. The minimum atomic E-state index is -1.03. The number of urea groups is 1. The first-order valence-electron chi connectivity index (χ1n) is 6.68. The van der Waals surface area contributed by atoms with Crippen LogP contribution in [-0.2, 0) is 23.2 Å². The number of hydrogen-bond donors (Lipinski definition) is 1. The summed E-state index contributed by atoms with van der Waals surface area (Å²) in [6, 6.07) is -0.638. The number of aromatic nitrogens is 2. The predicted octanol–water partition coefficient (Wildman–Crippen LogP) is 0.559. The topological polar surface area (TPSA) is 84.3 Å². The lowest BCUT2D eigenvalue weighted by molar-refractivity contribution is -0.151. The van der Waals surface area contributed by atoms with E-state index in [-0.39, 0.29) is 12.5 Å². The highest BCUT2D eigenvalue weighted by molar-refractivity contribution is 6.19. The Labute approximate surface area is 115 Å². The molecule has 2 heterocycles. The molecule has 106 valence electrons.